The van der Waals surface area contributed by atoms with Gasteiger partial charge in [0, 0.05) is 11.6 Å². The predicted molar refractivity (Wildman–Crippen MR) is 73.5 cm³/mol. The topological polar surface area (TPSA) is 21.3 Å². The Labute approximate surface area is 109 Å². The molecule has 0 aliphatic heterocycles. The van der Waals surface area contributed by atoms with Crippen molar-refractivity contribution in [2.24, 2.45) is 0 Å². The zero-order valence-corrected chi connectivity index (χ0v) is 11.5. The van der Waals surface area contributed by atoms with Crippen LogP contribution in [0.25, 0.3) is 0 Å². The van der Waals surface area contributed by atoms with Crippen molar-refractivity contribution in [1.29, 1.82) is 0 Å². The van der Waals surface area contributed by atoms with Crippen molar-refractivity contribution in [2.75, 3.05) is 13.1 Å². The zero-order chi connectivity index (χ0) is 12.5. The van der Waals surface area contributed by atoms with Crippen LogP contribution in [0.2, 0.25) is 5.02 Å². The fourth-order valence-corrected chi connectivity index (χ4v) is 1.68. The third kappa shape index (κ3) is 6.06. The van der Waals surface area contributed by atoms with Crippen molar-refractivity contribution in [3.8, 4) is 0 Å². The van der Waals surface area contributed by atoms with E-state index in [4.69, 9.17) is 16.3 Å². The molecule has 96 valence electrons. The van der Waals surface area contributed by atoms with E-state index < -0.39 is 0 Å². The first kappa shape index (κ1) is 14.5. The van der Waals surface area contributed by atoms with E-state index >= 15 is 0 Å². The number of halogens is 1. The summed E-state index contributed by atoms with van der Waals surface area (Å²) in [5.74, 6) is 0. The van der Waals surface area contributed by atoms with Gasteiger partial charge in [0.1, 0.15) is 0 Å². The minimum absolute atomic E-state index is 0.289. The number of benzene rings is 1. The van der Waals surface area contributed by atoms with E-state index in [0.29, 0.717) is 6.61 Å². The van der Waals surface area contributed by atoms with Gasteiger partial charge in [-0.2, -0.15) is 0 Å². The average molecular weight is 256 g/mol. The first-order valence-corrected chi connectivity index (χ1v) is 6.70. The maximum Gasteiger partial charge on any atom is 0.0721 e. The van der Waals surface area contributed by atoms with E-state index in [-0.39, 0.29) is 6.10 Å². The van der Waals surface area contributed by atoms with Crippen LogP contribution in [-0.4, -0.2) is 19.2 Å². The largest absolute Gasteiger partial charge is 0.372 e. The summed E-state index contributed by atoms with van der Waals surface area (Å²) in [4.78, 5) is 0. The predicted octanol–water partition coefficient (Wildman–Crippen LogP) is 3.63. The van der Waals surface area contributed by atoms with E-state index in [1.807, 2.05) is 24.3 Å². The van der Waals surface area contributed by atoms with Gasteiger partial charge in [0.05, 0.1) is 12.7 Å². The Bertz CT molecular complexity index is 300. The van der Waals surface area contributed by atoms with Gasteiger partial charge in [0.15, 0.2) is 0 Å². The Morgan fingerprint density at radius 3 is 2.53 bits per heavy atom. The van der Waals surface area contributed by atoms with Crippen LogP contribution in [0.1, 0.15) is 32.3 Å². The molecule has 1 N–H and O–H groups in total. The van der Waals surface area contributed by atoms with E-state index in [0.717, 1.165) is 31.0 Å². The molecule has 0 aliphatic rings. The van der Waals surface area contributed by atoms with Crippen LogP contribution in [0.5, 0.6) is 0 Å². The number of hydrogen-bond donors (Lipinski definition) is 1. The highest BCUT2D eigenvalue weighted by atomic mass is 35.5. The van der Waals surface area contributed by atoms with Crippen LogP contribution in [0, 0.1) is 0 Å². The maximum atomic E-state index is 5.86. The van der Waals surface area contributed by atoms with Crippen molar-refractivity contribution in [3.05, 3.63) is 34.9 Å². The quantitative estimate of drug-likeness (QED) is 0.717. The normalized spacial score (nSPS) is 12.6. The lowest BCUT2D eigenvalue weighted by molar-refractivity contribution is 0.0385. The summed E-state index contributed by atoms with van der Waals surface area (Å²) in [5, 5.41) is 4.15. The third-order valence-electron chi connectivity index (χ3n) is 2.65. The molecule has 2 nitrogen and oxygen atoms in total. The molecule has 0 amide bonds. The fraction of sp³-hybridized carbons (Fsp3) is 0.571. The molecule has 0 aromatic heterocycles. The second kappa shape index (κ2) is 8.51. The van der Waals surface area contributed by atoms with Crippen LogP contribution in [0.3, 0.4) is 0 Å². The van der Waals surface area contributed by atoms with E-state index in [1.165, 1.54) is 5.56 Å². The smallest absolute Gasteiger partial charge is 0.0721 e. The molecule has 1 atom stereocenters. The van der Waals surface area contributed by atoms with Gasteiger partial charge in [-0.05, 0) is 37.1 Å². The molecule has 1 rings (SSSR count). The van der Waals surface area contributed by atoms with Gasteiger partial charge >= 0.3 is 0 Å². The molecular formula is C14H22ClNO. The lowest BCUT2D eigenvalue weighted by Gasteiger charge is -2.16. The van der Waals surface area contributed by atoms with Crippen LogP contribution >= 0.6 is 11.6 Å². The number of hydrogen-bond acceptors (Lipinski definition) is 2. The average Bonchev–Trinajstić information content (AvgIpc) is 2.35. The summed E-state index contributed by atoms with van der Waals surface area (Å²) < 4.78 is 5.86. The number of ether oxygens (including phenoxy) is 1. The maximum absolute atomic E-state index is 5.86. The van der Waals surface area contributed by atoms with Crippen LogP contribution in [-0.2, 0) is 11.3 Å². The molecular weight excluding hydrogens is 234 g/mol. The molecule has 0 radical (unpaired) electrons. The van der Waals surface area contributed by atoms with E-state index in [9.17, 15) is 0 Å². The minimum atomic E-state index is 0.289. The van der Waals surface area contributed by atoms with Crippen molar-refractivity contribution in [3.63, 3.8) is 0 Å². The van der Waals surface area contributed by atoms with Gasteiger partial charge in [-0.15, -0.1) is 0 Å². The highest BCUT2D eigenvalue weighted by Crippen LogP contribution is 2.11. The summed E-state index contributed by atoms with van der Waals surface area (Å²) in [6.45, 7) is 6.96. The lowest BCUT2D eigenvalue weighted by atomic mass is 10.2. The molecule has 1 unspecified atom stereocenters. The van der Waals surface area contributed by atoms with Gasteiger partial charge in [-0.1, -0.05) is 37.6 Å². The SMILES string of the molecule is CCCNCC(CC)OCc1ccc(Cl)cc1. The summed E-state index contributed by atoms with van der Waals surface area (Å²) in [6.07, 6.45) is 2.48. The van der Waals surface area contributed by atoms with Gasteiger partial charge in [0.25, 0.3) is 0 Å². The van der Waals surface area contributed by atoms with Gasteiger partial charge < -0.3 is 10.1 Å². The highest BCUT2D eigenvalue weighted by Gasteiger charge is 2.05. The Balaban J connectivity index is 2.29. The van der Waals surface area contributed by atoms with E-state index in [2.05, 4.69) is 19.2 Å². The molecule has 1 aromatic carbocycles. The summed E-state index contributed by atoms with van der Waals surface area (Å²) in [7, 11) is 0. The summed E-state index contributed by atoms with van der Waals surface area (Å²) >= 11 is 5.84. The monoisotopic (exact) mass is 255 g/mol. The zero-order valence-electron chi connectivity index (χ0n) is 10.7. The Morgan fingerprint density at radius 1 is 1.24 bits per heavy atom. The third-order valence-corrected chi connectivity index (χ3v) is 2.91. The Kier molecular flexibility index (Phi) is 7.25. The van der Waals surface area contributed by atoms with Gasteiger partial charge in [-0.25, -0.2) is 0 Å². The molecule has 0 aliphatic carbocycles. The molecule has 3 heteroatoms. The molecule has 0 saturated heterocycles. The highest BCUT2D eigenvalue weighted by molar-refractivity contribution is 6.30. The molecule has 0 heterocycles. The van der Waals surface area contributed by atoms with Crippen LogP contribution in [0.4, 0.5) is 0 Å². The first-order valence-electron chi connectivity index (χ1n) is 6.33. The van der Waals surface area contributed by atoms with Gasteiger partial charge in [0.2, 0.25) is 0 Å². The Morgan fingerprint density at radius 2 is 1.94 bits per heavy atom. The van der Waals surface area contributed by atoms with Crippen molar-refractivity contribution in [2.45, 2.75) is 39.4 Å². The summed E-state index contributed by atoms with van der Waals surface area (Å²) in [5.41, 5.74) is 1.17. The first-order chi connectivity index (χ1) is 8.26. The van der Waals surface area contributed by atoms with Gasteiger partial charge in [-0.3, -0.25) is 0 Å². The van der Waals surface area contributed by atoms with Crippen molar-refractivity contribution < 1.29 is 4.74 Å². The molecule has 0 fully saturated rings. The summed E-state index contributed by atoms with van der Waals surface area (Å²) in [6, 6.07) is 7.82. The van der Waals surface area contributed by atoms with Crippen LogP contribution in [0.15, 0.2) is 24.3 Å². The van der Waals surface area contributed by atoms with Crippen molar-refractivity contribution in [1.82, 2.24) is 5.32 Å². The molecule has 0 bridgehead atoms. The number of rotatable bonds is 8. The standard InChI is InChI=1S/C14H22ClNO/c1-3-9-16-10-14(4-2)17-11-12-5-7-13(15)8-6-12/h5-8,14,16H,3-4,9-11H2,1-2H3. The minimum Gasteiger partial charge on any atom is -0.372 e. The van der Waals surface area contributed by atoms with Crippen molar-refractivity contribution >= 4 is 11.6 Å². The second-order valence-corrected chi connectivity index (χ2v) is 4.61. The molecule has 1 aromatic rings. The Hall–Kier alpha value is -0.570. The fourth-order valence-electron chi connectivity index (χ4n) is 1.56. The molecule has 0 saturated carbocycles. The van der Waals surface area contributed by atoms with E-state index in [1.54, 1.807) is 0 Å². The lowest BCUT2D eigenvalue weighted by Crippen LogP contribution is -2.29. The molecule has 17 heavy (non-hydrogen) atoms. The van der Waals surface area contributed by atoms with Crippen LogP contribution < -0.4 is 5.32 Å². The second-order valence-electron chi connectivity index (χ2n) is 4.17. The molecule has 0 spiro atoms. The number of nitrogens with one attached hydrogen (secondary N) is 1.